The lowest BCUT2D eigenvalue weighted by atomic mass is 9.85. The number of hydrogen-bond donors (Lipinski definition) is 3. The molecular formula is C14H15F4N5O4. The summed E-state index contributed by atoms with van der Waals surface area (Å²) in [4.78, 5) is 11.5. The SMILES string of the molecule is C[C@H]1O[C@@H](n2cnc3c(N)nc(OC4CC(F)(F)C4(F)F)nc32)[C@H](O)[C@@H]1O. The number of aliphatic hydroxyl groups is 2. The van der Waals surface area contributed by atoms with Crippen molar-refractivity contribution in [3.8, 4) is 6.01 Å². The van der Waals surface area contributed by atoms with Crippen molar-refractivity contribution < 1.29 is 37.2 Å². The number of nitrogen functional groups attached to an aromatic ring is 1. The Balaban J connectivity index is 1.67. The Morgan fingerprint density at radius 2 is 1.96 bits per heavy atom. The Kier molecular flexibility index (Phi) is 3.78. The van der Waals surface area contributed by atoms with Crippen LogP contribution in [0.3, 0.4) is 0 Å². The van der Waals surface area contributed by atoms with E-state index in [2.05, 4.69) is 15.0 Å². The average Bonchev–Trinajstić information content (AvgIpc) is 3.11. The van der Waals surface area contributed by atoms with Crippen LogP contribution in [0.5, 0.6) is 6.01 Å². The monoisotopic (exact) mass is 393 g/mol. The van der Waals surface area contributed by atoms with Crippen molar-refractivity contribution in [1.29, 1.82) is 0 Å². The number of aliphatic hydroxyl groups excluding tert-OH is 2. The molecule has 1 saturated heterocycles. The Hall–Kier alpha value is -2.25. The number of nitrogens with two attached hydrogens (primary N) is 1. The van der Waals surface area contributed by atoms with Crippen LogP contribution in [0.4, 0.5) is 23.4 Å². The third kappa shape index (κ3) is 2.52. The van der Waals surface area contributed by atoms with Crippen LogP contribution < -0.4 is 10.5 Å². The zero-order chi connectivity index (χ0) is 19.7. The van der Waals surface area contributed by atoms with E-state index in [9.17, 15) is 27.8 Å². The average molecular weight is 393 g/mol. The van der Waals surface area contributed by atoms with Crippen molar-refractivity contribution in [3.05, 3.63) is 6.33 Å². The van der Waals surface area contributed by atoms with Gasteiger partial charge in [-0.2, -0.15) is 27.5 Å². The Morgan fingerprint density at radius 1 is 1.26 bits per heavy atom. The van der Waals surface area contributed by atoms with E-state index in [1.165, 1.54) is 10.9 Å². The van der Waals surface area contributed by atoms with Gasteiger partial charge >= 0.3 is 17.9 Å². The maximum absolute atomic E-state index is 13.4. The molecule has 0 bridgehead atoms. The molecule has 0 radical (unpaired) electrons. The fourth-order valence-electron chi connectivity index (χ4n) is 3.06. The molecule has 2 fully saturated rings. The van der Waals surface area contributed by atoms with Crippen molar-refractivity contribution in [2.45, 2.75) is 55.8 Å². The van der Waals surface area contributed by atoms with Gasteiger partial charge in [0.1, 0.15) is 12.2 Å². The Bertz CT molecular complexity index is 894. The normalized spacial score (nSPS) is 34.6. The minimum absolute atomic E-state index is 0.0303. The second-order valence-electron chi connectivity index (χ2n) is 6.57. The molecule has 5 atom stereocenters. The summed E-state index contributed by atoms with van der Waals surface area (Å²) in [6.45, 7) is 1.55. The zero-order valence-corrected chi connectivity index (χ0v) is 13.8. The van der Waals surface area contributed by atoms with E-state index in [0.717, 1.165) is 0 Å². The molecule has 0 amide bonds. The highest BCUT2D eigenvalue weighted by Crippen LogP contribution is 2.52. The van der Waals surface area contributed by atoms with Crippen LogP contribution >= 0.6 is 0 Å². The van der Waals surface area contributed by atoms with Gasteiger partial charge in [-0.05, 0) is 6.92 Å². The minimum atomic E-state index is -4.36. The van der Waals surface area contributed by atoms with Crippen molar-refractivity contribution in [3.63, 3.8) is 0 Å². The molecule has 13 heteroatoms. The van der Waals surface area contributed by atoms with E-state index in [1.807, 2.05) is 0 Å². The van der Waals surface area contributed by atoms with Gasteiger partial charge in [0.15, 0.2) is 29.3 Å². The first kappa shape index (κ1) is 18.1. The molecule has 0 aromatic carbocycles. The maximum atomic E-state index is 13.4. The van der Waals surface area contributed by atoms with Crippen LogP contribution in [0.2, 0.25) is 0 Å². The van der Waals surface area contributed by atoms with Crippen molar-refractivity contribution in [2.24, 2.45) is 0 Å². The summed E-state index contributed by atoms with van der Waals surface area (Å²) < 4.78 is 64.3. The van der Waals surface area contributed by atoms with Crippen molar-refractivity contribution >= 4 is 17.0 Å². The van der Waals surface area contributed by atoms with Gasteiger partial charge in [-0.15, -0.1) is 0 Å². The molecular weight excluding hydrogens is 378 g/mol. The molecule has 1 aliphatic heterocycles. The molecule has 4 N–H and O–H groups in total. The summed E-state index contributed by atoms with van der Waals surface area (Å²) in [5, 5.41) is 19.9. The van der Waals surface area contributed by atoms with E-state index in [0.29, 0.717) is 0 Å². The molecule has 0 spiro atoms. The van der Waals surface area contributed by atoms with Gasteiger partial charge < -0.3 is 25.4 Å². The van der Waals surface area contributed by atoms with Gasteiger partial charge in [-0.1, -0.05) is 0 Å². The highest BCUT2D eigenvalue weighted by Gasteiger charge is 2.73. The lowest BCUT2D eigenvalue weighted by Crippen LogP contribution is -2.64. The molecule has 2 aliphatic rings. The van der Waals surface area contributed by atoms with Crippen LogP contribution in [0.1, 0.15) is 19.6 Å². The van der Waals surface area contributed by atoms with Gasteiger partial charge in [0, 0.05) is 0 Å². The zero-order valence-electron chi connectivity index (χ0n) is 13.8. The molecule has 2 aromatic rings. The molecule has 4 rings (SSSR count). The largest absolute Gasteiger partial charge is 0.453 e. The molecule has 1 aliphatic carbocycles. The van der Waals surface area contributed by atoms with E-state index in [-0.39, 0.29) is 17.0 Å². The predicted octanol–water partition coefficient (Wildman–Crippen LogP) is 0.469. The fourth-order valence-corrected chi connectivity index (χ4v) is 3.06. The number of alkyl halides is 4. The summed E-state index contributed by atoms with van der Waals surface area (Å²) in [5.41, 5.74) is 5.76. The van der Waals surface area contributed by atoms with Crippen molar-refractivity contribution in [2.75, 3.05) is 5.73 Å². The number of halogens is 4. The number of ether oxygens (including phenoxy) is 2. The van der Waals surface area contributed by atoms with Crippen LogP contribution in [0.15, 0.2) is 6.33 Å². The summed E-state index contributed by atoms with van der Waals surface area (Å²) in [7, 11) is 0. The number of hydrogen-bond acceptors (Lipinski definition) is 8. The second kappa shape index (κ2) is 5.62. The number of nitrogens with zero attached hydrogens (tertiary/aromatic N) is 4. The number of anilines is 1. The molecule has 9 nitrogen and oxygen atoms in total. The van der Waals surface area contributed by atoms with Crippen LogP contribution in [-0.2, 0) is 4.74 Å². The fraction of sp³-hybridized carbons (Fsp3) is 0.643. The Labute approximate surface area is 148 Å². The van der Waals surface area contributed by atoms with Gasteiger partial charge in [-0.25, -0.2) is 4.98 Å². The maximum Gasteiger partial charge on any atom is 0.346 e. The van der Waals surface area contributed by atoms with E-state index < -0.39 is 54.9 Å². The van der Waals surface area contributed by atoms with Crippen LogP contribution in [0, 0.1) is 0 Å². The predicted molar refractivity (Wildman–Crippen MR) is 80.3 cm³/mol. The van der Waals surface area contributed by atoms with Gasteiger partial charge in [0.2, 0.25) is 0 Å². The van der Waals surface area contributed by atoms with Gasteiger partial charge in [0.25, 0.3) is 0 Å². The summed E-state index contributed by atoms with van der Waals surface area (Å²) >= 11 is 0. The minimum Gasteiger partial charge on any atom is -0.453 e. The second-order valence-corrected chi connectivity index (χ2v) is 6.57. The van der Waals surface area contributed by atoms with E-state index >= 15 is 0 Å². The number of aromatic nitrogens is 4. The first-order valence-electron chi connectivity index (χ1n) is 7.97. The number of imidazole rings is 1. The molecule has 27 heavy (non-hydrogen) atoms. The highest BCUT2D eigenvalue weighted by atomic mass is 19.3. The number of rotatable bonds is 3. The lowest BCUT2D eigenvalue weighted by molar-refractivity contribution is -0.325. The standard InChI is InChI=1S/C14H15F4N5O4/c1-4-7(24)8(25)11(26-4)23-3-20-6-9(19)21-12(22-10(6)23)27-5-2-13(15,16)14(5,17)18/h3-5,7-8,11,24-25H,2H2,1H3,(H2,19,21,22)/t4-,5?,7-,8-,11-/m1/s1. The molecule has 2 aromatic heterocycles. The van der Waals surface area contributed by atoms with E-state index in [4.69, 9.17) is 15.2 Å². The molecule has 148 valence electrons. The highest BCUT2D eigenvalue weighted by molar-refractivity contribution is 5.82. The van der Waals surface area contributed by atoms with Crippen LogP contribution in [-0.4, -0.2) is 66.0 Å². The number of fused-ring (bicyclic) bond motifs is 1. The lowest BCUT2D eigenvalue weighted by Gasteiger charge is -2.42. The third-order valence-corrected chi connectivity index (χ3v) is 4.76. The third-order valence-electron chi connectivity index (χ3n) is 4.76. The summed E-state index contributed by atoms with van der Waals surface area (Å²) in [5.74, 6) is -8.75. The first-order valence-corrected chi connectivity index (χ1v) is 7.97. The quantitative estimate of drug-likeness (QED) is 0.642. The van der Waals surface area contributed by atoms with Crippen LogP contribution in [0.25, 0.3) is 11.2 Å². The van der Waals surface area contributed by atoms with Gasteiger partial charge in [-0.3, -0.25) is 4.57 Å². The smallest absolute Gasteiger partial charge is 0.346 e. The van der Waals surface area contributed by atoms with Gasteiger partial charge in [0.05, 0.1) is 18.9 Å². The Morgan fingerprint density at radius 3 is 2.52 bits per heavy atom. The molecule has 3 heterocycles. The molecule has 1 unspecified atom stereocenters. The summed E-state index contributed by atoms with van der Waals surface area (Å²) in [6, 6.07) is -0.636. The van der Waals surface area contributed by atoms with E-state index in [1.54, 1.807) is 6.92 Å². The first-order chi connectivity index (χ1) is 12.5. The van der Waals surface area contributed by atoms with Crippen molar-refractivity contribution in [1.82, 2.24) is 19.5 Å². The topological polar surface area (TPSA) is 129 Å². The molecule has 1 saturated carbocycles. The summed E-state index contributed by atoms with van der Waals surface area (Å²) in [6.07, 6.45) is -6.31.